The van der Waals surface area contributed by atoms with Crippen molar-refractivity contribution in [3.05, 3.63) is 35.1 Å². The van der Waals surface area contributed by atoms with Gasteiger partial charge in [-0.25, -0.2) is 4.39 Å². The standard InChI is InChI=1S/C12H15F4NO/c1-2-5-17-11(7-18)8-3-4-10(13)9(6-8)12(14,15)16/h3-4,6,11,17-18H,2,5,7H2,1H3. The topological polar surface area (TPSA) is 32.3 Å². The first-order valence-corrected chi connectivity index (χ1v) is 5.61. The molecule has 2 N–H and O–H groups in total. The molecule has 1 rings (SSSR count). The van der Waals surface area contributed by atoms with Gasteiger partial charge in [0.2, 0.25) is 0 Å². The number of halogens is 4. The van der Waals surface area contributed by atoms with Crippen LogP contribution in [0.3, 0.4) is 0 Å². The predicted octanol–water partition coefficient (Wildman–Crippen LogP) is 2.88. The first kappa shape index (κ1) is 14.9. The molecule has 0 amide bonds. The Morgan fingerprint density at radius 1 is 1.33 bits per heavy atom. The Morgan fingerprint density at radius 2 is 2.00 bits per heavy atom. The van der Waals surface area contributed by atoms with E-state index in [-0.39, 0.29) is 12.2 Å². The normalized spacial score (nSPS) is 13.7. The van der Waals surface area contributed by atoms with E-state index in [0.29, 0.717) is 6.54 Å². The molecular weight excluding hydrogens is 250 g/mol. The van der Waals surface area contributed by atoms with Gasteiger partial charge in [-0.05, 0) is 30.7 Å². The molecule has 1 aromatic rings. The highest BCUT2D eigenvalue weighted by Crippen LogP contribution is 2.32. The summed E-state index contributed by atoms with van der Waals surface area (Å²) in [5.41, 5.74) is -1.09. The van der Waals surface area contributed by atoms with Gasteiger partial charge in [0.05, 0.1) is 18.2 Å². The van der Waals surface area contributed by atoms with Crippen LogP contribution in [0.15, 0.2) is 18.2 Å². The smallest absolute Gasteiger partial charge is 0.394 e. The minimum atomic E-state index is -4.73. The molecule has 0 aliphatic heterocycles. The molecule has 102 valence electrons. The van der Waals surface area contributed by atoms with Crippen molar-refractivity contribution in [2.24, 2.45) is 0 Å². The average molecular weight is 265 g/mol. The molecule has 0 aromatic heterocycles. The molecular formula is C12H15F4NO. The van der Waals surface area contributed by atoms with Gasteiger partial charge in [0.25, 0.3) is 0 Å². The number of nitrogens with one attached hydrogen (secondary N) is 1. The Kier molecular flexibility index (Phi) is 5.10. The van der Waals surface area contributed by atoms with Crippen LogP contribution in [0.5, 0.6) is 0 Å². The summed E-state index contributed by atoms with van der Waals surface area (Å²) in [5.74, 6) is -1.31. The summed E-state index contributed by atoms with van der Waals surface area (Å²) in [6.45, 7) is 2.11. The van der Waals surface area contributed by atoms with Crippen LogP contribution in [0.25, 0.3) is 0 Å². The molecule has 1 atom stereocenters. The molecule has 18 heavy (non-hydrogen) atoms. The van der Waals surface area contributed by atoms with Crippen LogP contribution in [0.2, 0.25) is 0 Å². The van der Waals surface area contributed by atoms with Crippen LogP contribution in [0, 0.1) is 5.82 Å². The van der Waals surface area contributed by atoms with Crippen molar-refractivity contribution >= 4 is 0 Å². The van der Waals surface area contributed by atoms with Gasteiger partial charge in [0.15, 0.2) is 0 Å². The van der Waals surface area contributed by atoms with E-state index in [2.05, 4.69) is 5.32 Å². The number of alkyl halides is 3. The lowest BCUT2D eigenvalue weighted by molar-refractivity contribution is -0.140. The molecule has 0 aliphatic carbocycles. The number of aliphatic hydroxyl groups excluding tert-OH is 1. The van der Waals surface area contributed by atoms with Gasteiger partial charge in [-0.2, -0.15) is 13.2 Å². The molecule has 0 spiro atoms. The maximum atomic E-state index is 13.1. The van der Waals surface area contributed by atoms with Crippen molar-refractivity contribution in [3.63, 3.8) is 0 Å². The van der Waals surface area contributed by atoms with E-state index in [1.54, 1.807) is 0 Å². The van der Waals surface area contributed by atoms with Crippen molar-refractivity contribution < 1.29 is 22.7 Å². The van der Waals surface area contributed by atoms with Crippen molar-refractivity contribution in [1.29, 1.82) is 0 Å². The van der Waals surface area contributed by atoms with Gasteiger partial charge in [0, 0.05) is 0 Å². The predicted molar refractivity (Wildman–Crippen MR) is 59.5 cm³/mol. The summed E-state index contributed by atoms with van der Waals surface area (Å²) in [4.78, 5) is 0. The van der Waals surface area contributed by atoms with E-state index < -0.39 is 23.6 Å². The Balaban J connectivity index is 3.02. The largest absolute Gasteiger partial charge is 0.419 e. The van der Waals surface area contributed by atoms with Gasteiger partial charge >= 0.3 is 6.18 Å². The van der Waals surface area contributed by atoms with Crippen molar-refractivity contribution in [3.8, 4) is 0 Å². The second kappa shape index (κ2) is 6.15. The van der Waals surface area contributed by atoms with Crippen LogP contribution in [0.4, 0.5) is 17.6 Å². The molecule has 0 aliphatic rings. The molecule has 0 saturated carbocycles. The summed E-state index contributed by atoms with van der Waals surface area (Å²) in [5, 5.41) is 12.0. The highest BCUT2D eigenvalue weighted by Gasteiger charge is 2.34. The summed E-state index contributed by atoms with van der Waals surface area (Å²) in [7, 11) is 0. The molecule has 2 nitrogen and oxygen atoms in total. The van der Waals surface area contributed by atoms with E-state index in [0.717, 1.165) is 18.6 Å². The van der Waals surface area contributed by atoms with E-state index in [9.17, 15) is 17.6 Å². The van der Waals surface area contributed by atoms with Gasteiger partial charge in [-0.1, -0.05) is 13.0 Å². The zero-order valence-electron chi connectivity index (χ0n) is 9.89. The minimum absolute atomic E-state index is 0.222. The molecule has 1 unspecified atom stereocenters. The maximum Gasteiger partial charge on any atom is 0.419 e. The quantitative estimate of drug-likeness (QED) is 0.802. The fourth-order valence-corrected chi connectivity index (χ4v) is 1.58. The van der Waals surface area contributed by atoms with Crippen molar-refractivity contribution in [2.45, 2.75) is 25.6 Å². The molecule has 0 fully saturated rings. The van der Waals surface area contributed by atoms with Gasteiger partial charge in [0.1, 0.15) is 5.82 Å². The molecule has 6 heteroatoms. The summed E-state index contributed by atoms with van der Waals surface area (Å²) < 4.78 is 50.7. The second-order valence-electron chi connectivity index (χ2n) is 3.93. The number of benzene rings is 1. The van der Waals surface area contributed by atoms with Crippen LogP contribution in [-0.4, -0.2) is 18.3 Å². The van der Waals surface area contributed by atoms with Crippen LogP contribution < -0.4 is 5.32 Å². The molecule has 0 heterocycles. The Bertz CT molecular complexity index is 392. The lowest BCUT2D eigenvalue weighted by Crippen LogP contribution is -2.25. The number of aliphatic hydroxyl groups is 1. The van der Waals surface area contributed by atoms with Crippen LogP contribution in [-0.2, 0) is 6.18 Å². The number of hydrogen-bond donors (Lipinski definition) is 2. The lowest BCUT2D eigenvalue weighted by atomic mass is 10.0. The van der Waals surface area contributed by atoms with Crippen molar-refractivity contribution in [1.82, 2.24) is 5.32 Å². The SMILES string of the molecule is CCCNC(CO)c1ccc(F)c(C(F)(F)F)c1. The monoisotopic (exact) mass is 265 g/mol. The third-order valence-electron chi connectivity index (χ3n) is 2.52. The fourth-order valence-electron chi connectivity index (χ4n) is 1.58. The summed E-state index contributed by atoms with van der Waals surface area (Å²) >= 11 is 0. The molecule has 0 bridgehead atoms. The third kappa shape index (κ3) is 3.68. The van der Waals surface area contributed by atoms with Gasteiger partial charge < -0.3 is 10.4 Å². The average Bonchev–Trinajstić information content (AvgIpc) is 2.30. The zero-order chi connectivity index (χ0) is 13.8. The van der Waals surface area contributed by atoms with E-state index >= 15 is 0 Å². The molecule has 1 aromatic carbocycles. The zero-order valence-corrected chi connectivity index (χ0v) is 9.89. The first-order valence-electron chi connectivity index (χ1n) is 5.61. The minimum Gasteiger partial charge on any atom is -0.394 e. The van der Waals surface area contributed by atoms with Gasteiger partial charge in [-0.15, -0.1) is 0 Å². The Hall–Kier alpha value is -1.14. The van der Waals surface area contributed by atoms with Gasteiger partial charge in [-0.3, -0.25) is 0 Å². The number of rotatable bonds is 5. The second-order valence-corrected chi connectivity index (χ2v) is 3.93. The van der Waals surface area contributed by atoms with Crippen LogP contribution >= 0.6 is 0 Å². The van der Waals surface area contributed by atoms with Crippen molar-refractivity contribution in [2.75, 3.05) is 13.2 Å². The molecule has 0 saturated heterocycles. The Morgan fingerprint density at radius 3 is 2.50 bits per heavy atom. The highest BCUT2D eigenvalue weighted by molar-refractivity contribution is 5.29. The number of hydrogen-bond acceptors (Lipinski definition) is 2. The van der Waals surface area contributed by atoms with E-state index in [1.807, 2.05) is 6.92 Å². The molecule has 0 radical (unpaired) electrons. The summed E-state index contributed by atoms with van der Waals surface area (Å²) in [6.07, 6.45) is -3.95. The summed E-state index contributed by atoms with van der Waals surface area (Å²) in [6, 6.07) is 2.13. The maximum absolute atomic E-state index is 13.1. The Labute approximate surface area is 103 Å². The van der Waals surface area contributed by atoms with E-state index in [1.165, 1.54) is 6.07 Å². The lowest BCUT2D eigenvalue weighted by Gasteiger charge is -2.18. The first-order chi connectivity index (χ1) is 8.40. The van der Waals surface area contributed by atoms with E-state index in [4.69, 9.17) is 5.11 Å². The third-order valence-corrected chi connectivity index (χ3v) is 2.52. The van der Waals surface area contributed by atoms with Crippen LogP contribution in [0.1, 0.15) is 30.5 Å². The highest BCUT2D eigenvalue weighted by atomic mass is 19.4. The fraction of sp³-hybridized carbons (Fsp3) is 0.500.